The second kappa shape index (κ2) is 4.92. The molecule has 2 N–H and O–H groups in total. The van der Waals surface area contributed by atoms with E-state index in [1.807, 2.05) is 0 Å². The molecule has 1 aromatic carbocycles. The summed E-state index contributed by atoms with van der Waals surface area (Å²) < 4.78 is 0. The molecule has 2 atom stereocenters. The van der Waals surface area contributed by atoms with Crippen LogP contribution in [0.1, 0.15) is 50.3 Å². The fraction of sp³-hybridized carbons (Fsp3) is 0.647. The number of rotatable bonds is 2. The summed E-state index contributed by atoms with van der Waals surface area (Å²) in [5.74, 6) is 0. The highest BCUT2D eigenvalue weighted by Crippen LogP contribution is 2.39. The van der Waals surface area contributed by atoms with Crippen molar-refractivity contribution in [3.63, 3.8) is 0 Å². The summed E-state index contributed by atoms with van der Waals surface area (Å²) in [5, 5.41) is 0. The highest BCUT2D eigenvalue weighted by atomic mass is 15.2. The van der Waals surface area contributed by atoms with Gasteiger partial charge in [0.1, 0.15) is 0 Å². The molecule has 2 nitrogen and oxygen atoms in total. The second-order valence-electron chi connectivity index (χ2n) is 6.70. The van der Waals surface area contributed by atoms with Crippen LogP contribution in [-0.4, -0.2) is 24.0 Å². The number of hydrogen-bond acceptors (Lipinski definition) is 2. The van der Waals surface area contributed by atoms with Gasteiger partial charge in [0.05, 0.1) is 0 Å². The number of piperidine rings is 1. The fourth-order valence-electron chi connectivity index (χ4n) is 3.71. The van der Waals surface area contributed by atoms with E-state index in [2.05, 4.69) is 43.0 Å². The SMILES string of the molecule is CCC1(C)CCN(C2Cc3ccccc3C2N)CC1. The van der Waals surface area contributed by atoms with Crippen molar-refractivity contribution in [2.24, 2.45) is 11.1 Å². The Morgan fingerprint density at radius 3 is 2.58 bits per heavy atom. The lowest BCUT2D eigenvalue weighted by molar-refractivity contribution is 0.0747. The molecule has 0 radical (unpaired) electrons. The Balaban J connectivity index is 1.70. The van der Waals surface area contributed by atoms with Gasteiger partial charge in [0.15, 0.2) is 0 Å². The first-order valence-corrected chi connectivity index (χ1v) is 7.70. The van der Waals surface area contributed by atoms with Gasteiger partial charge in [0, 0.05) is 12.1 Å². The molecule has 0 saturated carbocycles. The third-order valence-electron chi connectivity index (χ3n) is 5.59. The Morgan fingerprint density at radius 2 is 1.95 bits per heavy atom. The maximum absolute atomic E-state index is 6.48. The molecule has 1 aliphatic carbocycles. The van der Waals surface area contributed by atoms with Crippen molar-refractivity contribution < 1.29 is 0 Å². The molecular weight excluding hydrogens is 232 g/mol. The Bertz CT molecular complexity index is 446. The highest BCUT2D eigenvalue weighted by molar-refractivity contribution is 5.36. The van der Waals surface area contributed by atoms with Crippen molar-refractivity contribution in [1.29, 1.82) is 0 Å². The van der Waals surface area contributed by atoms with Crippen molar-refractivity contribution in [2.45, 2.75) is 51.6 Å². The van der Waals surface area contributed by atoms with E-state index < -0.39 is 0 Å². The van der Waals surface area contributed by atoms with Gasteiger partial charge >= 0.3 is 0 Å². The van der Waals surface area contributed by atoms with Gasteiger partial charge in [-0.3, -0.25) is 4.90 Å². The zero-order valence-corrected chi connectivity index (χ0v) is 12.2. The first-order chi connectivity index (χ1) is 9.13. The number of likely N-dealkylation sites (tertiary alicyclic amines) is 1. The first kappa shape index (κ1) is 13.1. The van der Waals surface area contributed by atoms with Gasteiger partial charge in [-0.2, -0.15) is 0 Å². The number of hydrogen-bond donors (Lipinski definition) is 1. The highest BCUT2D eigenvalue weighted by Gasteiger charge is 2.37. The molecule has 1 saturated heterocycles. The Labute approximate surface area is 117 Å². The quantitative estimate of drug-likeness (QED) is 0.883. The van der Waals surface area contributed by atoms with Crippen molar-refractivity contribution >= 4 is 0 Å². The monoisotopic (exact) mass is 258 g/mol. The predicted molar refractivity (Wildman–Crippen MR) is 80.1 cm³/mol. The van der Waals surface area contributed by atoms with E-state index in [1.165, 1.54) is 43.5 Å². The largest absolute Gasteiger partial charge is 0.323 e. The van der Waals surface area contributed by atoms with Crippen LogP contribution >= 0.6 is 0 Å². The van der Waals surface area contributed by atoms with Crippen molar-refractivity contribution in [3.8, 4) is 0 Å². The molecule has 0 bridgehead atoms. The normalized spacial score (nSPS) is 30.3. The van der Waals surface area contributed by atoms with E-state index in [4.69, 9.17) is 5.73 Å². The van der Waals surface area contributed by atoms with E-state index in [0.29, 0.717) is 11.5 Å². The lowest BCUT2D eigenvalue weighted by atomic mass is 9.78. The summed E-state index contributed by atoms with van der Waals surface area (Å²) in [6.45, 7) is 7.20. The molecular formula is C17H26N2. The fourth-order valence-corrected chi connectivity index (χ4v) is 3.71. The van der Waals surface area contributed by atoms with Gasteiger partial charge in [-0.15, -0.1) is 0 Å². The van der Waals surface area contributed by atoms with Gasteiger partial charge < -0.3 is 5.73 Å². The molecule has 19 heavy (non-hydrogen) atoms. The molecule has 2 heteroatoms. The topological polar surface area (TPSA) is 29.3 Å². The van der Waals surface area contributed by atoms with Crippen LogP contribution in [0.4, 0.5) is 0 Å². The zero-order chi connectivity index (χ0) is 13.5. The summed E-state index contributed by atoms with van der Waals surface area (Å²) in [6, 6.07) is 9.44. The summed E-state index contributed by atoms with van der Waals surface area (Å²) >= 11 is 0. The summed E-state index contributed by atoms with van der Waals surface area (Å²) in [4.78, 5) is 2.64. The van der Waals surface area contributed by atoms with Gasteiger partial charge in [0.2, 0.25) is 0 Å². The van der Waals surface area contributed by atoms with Crippen molar-refractivity contribution in [2.75, 3.05) is 13.1 Å². The van der Waals surface area contributed by atoms with Crippen LogP contribution in [0.15, 0.2) is 24.3 Å². The van der Waals surface area contributed by atoms with Crippen LogP contribution < -0.4 is 5.73 Å². The van der Waals surface area contributed by atoms with Crippen LogP contribution in [0.5, 0.6) is 0 Å². The number of nitrogens with zero attached hydrogens (tertiary/aromatic N) is 1. The Morgan fingerprint density at radius 1 is 1.26 bits per heavy atom. The van der Waals surface area contributed by atoms with E-state index in [-0.39, 0.29) is 6.04 Å². The second-order valence-corrected chi connectivity index (χ2v) is 6.70. The van der Waals surface area contributed by atoms with Gasteiger partial charge in [0.25, 0.3) is 0 Å². The van der Waals surface area contributed by atoms with Crippen LogP contribution in [0.2, 0.25) is 0 Å². The molecule has 1 aromatic rings. The zero-order valence-electron chi connectivity index (χ0n) is 12.2. The summed E-state index contributed by atoms with van der Waals surface area (Å²) in [5.41, 5.74) is 9.87. The minimum Gasteiger partial charge on any atom is -0.323 e. The Hall–Kier alpha value is -0.860. The summed E-state index contributed by atoms with van der Waals surface area (Å²) in [6.07, 6.45) is 5.09. The third-order valence-corrected chi connectivity index (χ3v) is 5.59. The van der Waals surface area contributed by atoms with Crippen molar-refractivity contribution in [3.05, 3.63) is 35.4 Å². The minimum atomic E-state index is 0.210. The first-order valence-electron chi connectivity index (χ1n) is 7.70. The maximum Gasteiger partial charge on any atom is 0.0459 e. The number of benzene rings is 1. The smallest absolute Gasteiger partial charge is 0.0459 e. The molecule has 2 aliphatic rings. The molecule has 1 fully saturated rings. The van der Waals surface area contributed by atoms with Gasteiger partial charge in [-0.05, 0) is 48.9 Å². The molecule has 1 heterocycles. The molecule has 0 aromatic heterocycles. The van der Waals surface area contributed by atoms with Crippen molar-refractivity contribution in [1.82, 2.24) is 4.90 Å². The van der Waals surface area contributed by atoms with E-state index in [9.17, 15) is 0 Å². The van der Waals surface area contributed by atoms with E-state index >= 15 is 0 Å². The molecule has 1 aliphatic heterocycles. The molecule has 3 rings (SSSR count). The molecule has 2 unspecified atom stereocenters. The van der Waals surface area contributed by atoms with Gasteiger partial charge in [-0.1, -0.05) is 44.5 Å². The number of fused-ring (bicyclic) bond motifs is 1. The van der Waals surface area contributed by atoms with Crippen LogP contribution in [0, 0.1) is 5.41 Å². The average molecular weight is 258 g/mol. The van der Waals surface area contributed by atoms with Gasteiger partial charge in [-0.25, -0.2) is 0 Å². The lowest BCUT2D eigenvalue weighted by Gasteiger charge is -2.42. The van der Waals surface area contributed by atoms with Crippen LogP contribution in [0.25, 0.3) is 0 Å². The van der Waals surface area contributed by atoms with Crippen LogP contribution in [0.3, 0.4) is 0 Å². The predicted octanol–water partition coefficient (Wildman–Crippen LogP) is 3.12. The standard InChI is InChI=1S/C17H26N2/c1-3-17(2)8-10-19(11-9-17)15-12-13-6-4-5-7-14(13)16(15)18/h4-7,15-16H,3,8-12,18H2,1-2H3. The Kier molecular flexibility index (Phi) is 3.40. The summed E-state index contributed by atoms with van der Waals surface area (Å²) in [7, 11) is 0. The average Bonchev–Trinajstić information content (AvgIpc) is 2.78. The van der Waals surface area contributed by atoms with E-state index in [1.54, 1.807) is 0 Å². The van der Waals surface area contributed by atoms with Crippen LogP contribution in [-0.2, 0) is 6.42 Å². The molecule has 0 amide bonds. The molecule has 0 spiro atoms. The maximum atomic E-state index is 6.48. The molecule has 104 valence electrons. The number of nitrogens with two attached hydrogens (primary N) is 1. The van der Waals surface area contributed by atoms with E-state index in [0.717, 1.165) is 6.42 Å². The minimum absolute atomic E-state index is 0.210. The lowest BCUT2D eigenvalue weighted by Crippen LogP contribution is -2.47. The third kappa shape index (κ3) is 2.32.